The zero-order chi connectivity index (χ0) is 11.4. The number of non-ortho nitro benzene ring substituents is 1. The van der Waals surface area contributed by atoms with Gasteiger partial charge in [-0.3, -0.25) is 20.2 Å². The maximum Gasteiger partial charge on any atom is 0.311 e. The molecule has 0 aliphatic heterocycles. The van der Waals surface area contributed by atoms with Gasteiger partial charge >= 0.3 is 4.61 Å². The van der Waals surface area contributed by atoms with Crippen molar-refractivity contribution in [2.75, 3.05) is 0 Å². The molecular formula is C8H5BrN2O4. The molecule has 1 aromatic rings. The maximum absolute atomic E-state index is 10.4. The molecule has 0 radical (unpaired) electrons. The summed E-state index contributed by atoms with van der Waals surface area (Å²) in [6, 6.07) is 5.57. The monoisotopic (exact) mass is 272 g/mol. The molecule has 78 valence electrons. The fourth-order valence-electron chi connectivity index (χ4n) is 0.918. The fourth-order valence-corrected chi connectivity index (χ4v) is 1.18. The molecule has 0 bridgehead atoms. The lowest BCUT2D eigenvalue weighted by Gasteiger charge is -1.93. The average molecular weight is 273 g/mol. The highest BCUT2D eigenvalue weighted by molar-refractivity contribution is 9.11. The summed E-state index contributed by atoms with van der Waals surface area (Å²) in [7, 11) is 0. The summed E-state index contributed by atoms with van der Waals surface area (Å²) in [5.74, 6) is 0. The Morgan fingerprint density at radius 3 is 2.53 bits per heavy atom. The minimum Gasteiger partial charge on any atom is -0.258 e. The van der Waals surface area contributed by atoms with Crippen molar-refractivity contribution in [3.05, 3.63) is 54.7 Å². The van der Waals surface area contributed by atoms with Crippen LogP contribution in [0.15, 0.2) is 28.9 Å². The first-order valence-electron chi connectivity index (χ1n) is 3.77. The van der Waals surface area contributed by atoms with Crippen LogP contribution in [-0.2, 0) is 0 Å². The first kappa shape index (κ1) is 11.3. The van der Waals surface area contributed by atoms with Crippen LogP contribution in [0.1, 0.15) is 5.56 Å². The van der Waals surface area contributed by atoms with E-state index in [1.165, 1.54) is 30.3 Å². The molecule has 1 aromatic carbocycles. The van der Waals surface area contributed by atoms with Crippen LogP contribution in [0.4, 0.5) is 5.69 Å². The number of rotatable bonds is 3. The quantitative estimate of drug-likeness (QED) is 0.481. The third kappa shape index (κ3) is 3.13. The maximum atomic E-state index is 10.4. The van der Waals surface area contributed by atoms with E-state index in [4.69, 9.17) is 0 Å². The van der Waals surface area contributed by atoms with Gasteiger partial charge in [0.1, 0.15) is 0 Å². The molecule has 0 N–H and O–H groups in total. The van der Waals surface area contributed by atoms with E-state index in [-0.39, 0.29) is 10.3 Å². The van der Waals surface area contributed by atoms with E-state index < -0.39 is 9.85 Å². The molecule has 0 atom stereocenters. The van der Waals surface area contributed by atoms with Gasteiger partial charge in [-0.05, 0) is 5.56 Å². The van der Waals surface area contributed by atoms with E-state index in [9.17, 15) is 20.2 Å². The minimum absolute atomic E-state index is 0.104. The molecule has 0 unspecified atom stereocenters. The van der Waals surface area contributed by atoms with E-state index in [0.29, 0.717) is 5.56 Å². The van der Waals surface area contributed by atoms with Crippen LogP contribution in [0.3, 0.4) is 0 Å². The van der Waals surface area contributed by atoms with Crippen LogP contribution >= 0.6 is 15.9 Å². The molecule has 0 aromatic heterocycles. The van der Waals surface area contributed by atoms with E-state index in [1.807, 2.05) is 0 Å². The minimum atomic E-state index is -0.626. The molecule has 6 nitrogen and oxygen atoms in total. The van der Waals surface area contributed by atoms with Crippen LogP contribution in [0.5, 0.6) is 0 Å². The Morgan fingerprint density at radius 1 is 1.33 bits per heavy atom. The first-order valence-corrected chi connectivity index (χ1v) is 4.56. The molecule has 0 aliphatic carbocycles. The average Bonchev–Trinajstić information content (AvgIpc) is 2.18. The van der Waals surface area contributed by atoms with Crippen LogP contribution < -0.4 is 0 Å². The molecule has 0 heterocycles. The summed E-state index contributed by atoms with van der Waals surface area (Å²) in [6.45, 7) is 0. The number of benzene rings is 1. The lowest BCUT2D eigenvalue weighted by atomic mass is 10.2. The molecule has 0 fully saturated rings. The second kappa shape index (κ2) is 4.65. The van der Waals surface area contributed by atoms with Crippen molar-refractivity contribution in [2.24, 2.45) is 0 Å². The summed E-state index contributed by atoms with van der Waals surface area (Å²) in [5.41, 5.74) is 0.292. The van der Waals surface area contributed by atoms with Crippen molar-refractivity contribution < 1.29 is 9.85 Å². The molecule has 0 aliphatic rings. The third-order valence-electron chi connectivity index (χ3n) is 1.54. The van der Waals surface area contributed by atoms with E-state index >= 15 is 0 Å². The van der Waals surface area contributed by atoms with Crippen molar-refractivity contribution in [3.8, 4) is 0 Å². The number of hydrogen-bond donors (Lipinski definition) is 0. The Morgan fingerprint density at radius 2 is 2.00 bits per heavy atom. The smallest absolute Gasteiger partial charge is 0.258 e. The van der Waals surface area contributed by atoms with E-state index in [2.05, 4.69) is 15.9 Å². The summed E-state index contributed by atoms with van der Waals surface area (Å²) < 4.78 is -0.247. The summed E-state index contributed by atoms with van der Waals surface area (Å²) in [4.78, 5) is 19.5. The Kier molecular flexibility index (Phi) is 3.51. The third-order valence-corrected chi connectivity index (χ3v) is 2.06. The van der Waals surface area contributed by atoms with Crippen molar-refractivity contribution in [2.45, 2.75) is 0 Å². The summed E-state index contributed by atoms with van der Waals surface area (Å²) in [6.07, 6.45) is 1.20. The van der Waals surface area contributed by atoms with Crippen molar-refractivity contribution in [3.63, 3.8) is 0 Å². The van der Waals surface area contributed by atoms with Gasteiger partial charge in [-0.15, -0.1) is 0 Å². The second-order valence-corrected chi connectivity index (χ2v) is 3.39. The van der Waals surface area contributed by atoms with Crippen LogP contribution in [-0.4, -0.2) is 9.85 Å². The summed E-state index contributed by atoms with van der Waals surface area (Å²) >= 11 is 2.73. The van der Waals surface area contributed by atoms with E-state index in [0.717, 1.165) is 0 Å². The number of nitro benzene ring substituents is 1. The standard InChI is InChI=1S/C8H5BrN2O4/c9-8(11(14)15)5-6-2-1-3-7(4-6)10(12)13/h1-5H/b8-5+. The number of hydrogen-bond acceptors (Lipinski definition) is 4. The van der Waals surface area contributed by atoms with Gasteiger partial charge in [-0.1, -0.05) is 12.1 Å². The van der Waals surface area contributed by atoms with Gasteiger partial charge in [-0.25, -0.2) is 0 Å². The van der Waals surface area contributed by atoms with Crippen molar-refractivity contribution in [1.82, 2.24) is 0 Å². The molecule has 0 amide bonds. The fraction of sp³-hybridized carbons (Fsp3) is 0. The lowest BCUT2D eigenvalue weighted by Crippen LogP contribution is -1.91. The highest BCUT2D eigenvalue weighted by Gasteiger charge is 2.08. The Labute approximate surface area is 92.6 Å². The molecule has 15 heavy (non-hydrogen) atoms. The zero-order valence-corrected chi connectivity index (χ0v) is 8.88. The Hall–Kier alpha value is -1.76. The van der Waals surface area contributed by atoms with Gasteiger partial charge < -0.3 is 0 Å². The Bertz CT molecular complexity index is 444. The van der Waals surface area contributed by atoms with Gasteiger partial charge in [0.15, 0.2) is 0 Å². The molecule has 1 rings (SSSR count). The predicted molar refractivity (Wildman–Crippen MR) is 57.0 cm³/mol. The lowest BCUT2D eigenvalue weighted by molar-refractivity contribution is -0.407. The van der Waals surface area contributed by atoms with Gasteiger partial charge in [0.25, 0.3) is 5.69 Å². The van der Waals surface area contributed by atoms with Crippen LogP contribution in [0.2, 0.25) is 0 Å². The first-order chi connectivity index (χ1) is 7.00. The van der Waals surface area contributed by atoms with Crippen molar-refractivity contribution >= 4 is 27.7 Å². The highest BCUT2D eigenvalue weighted by atomic mass is 79.9. The molecular weight excluding hydrogens is 268 g/mol. The molecule has 0 spiro atoms. The largest absolute Gasteiger partial charge is 0.311 e. The van der Waals surface area contributed by atoms with Gasteiger partial charge in [-0.2, -0.15) is 0 Å². The van der Waals surface area contributed by atoms with Crippen molar-refractivity contribution in [1.29, 1.82) is 0 Å². The van der Waals surface area contributed by atoms with Crippen LogP contribution in [0.25, 0.3) is 6.08 Å². The second-order valence-electron chi connectivity index (χ2n) is 2.58. The molecule has 0 saturated carbocycles. The Balaban J connectivity index is 3.06. The van der Waals surface area contributed by atoms with E-state index in [1.54, 1.807) is 0 Å². The number of nitrogens with zero attached hydrogens (tertiary/aromatic N) is 2. The number of halogens is 1. The summed E-state index contributed by atoms with van der Waals surface area (Å²) in [5, 5.41) is 20.7. The van der Waals surface area contributed by atoms with Crippen LogP contribution in [0, 0.1) is 20.2 Å². The SMILES string of the molecule is O=[N+]([O-])/C(Br)=C/c1cccc([N+](=O)[O-])c1. The zero-order valence-electron chi connectivity index (χ0n) is 7.29. The van der Waals surface area contributed by atoms with Gasteiger partial charge in [0.2, 0.25) is 0 Å². The van der Waals surface area contributed by atoms with Gasteiger partial charge in [0, 0.05) is 34.1 Å². The predicted octanol–water partition coefficient (Wildman–Crippen LogP) is 2.56. The normalized spacial score (nSPS) is 11.1. The topological polar surface area (TPSA) is 86.3 Å². The highest BCUT2D eigenvalue weighted by Crippen LogP contribution is 2.17. The molecule has 0 saturated heterocycles. The van der Waals surface area contributed by atoms with Gasteiger partial charge in [0.05, 0.1) is 9.85 Å². The molecule has 7 heteroatoms. The number of nitro groups is 2.